The monoisotopic (exact) mass is 275 g/mol. The predicted octanol–water partition coefficient (Wildman–Crippen LogP) is 1.83. The molecule has 1 aliphatic rings. The third kappa shape index (κ3) is 4.14. The lowest BCUT2D eigenvalue weighted by atomic mass is 9.99. The minimum atomic E-state index is -0.570. The summed E-state index contributed by atoms with van der Waals surface area (Å²) in [5.41, 5.74) is -0.570. The average Bonchev–Trinajstić information content (AvgIpc) is 2.74. The van der Waals surface area contributed by atoms with Crippen LogP contribution in [0.2, 0.25) is 0 Å². The van der Waals surface area contributed by atoms with Gasteiger partial charge < -0.3 is 14.8 Å². The first kappa shape index (κ1) is 15.8. The van der Waals surface area contributed by atoms with Crippen molar-refractivity contribution in [3.8, 4) is 0 Å². The molecule has 3 atom stereocenters. The third-order valence-electron chi connectivity index (χ3n) is 3.44. The minimum Gasteiger partial charge on any atom is -0.468 e. The zero-order chi connectivity index (χ0) is 13.6. The molecule has 1 aliphatic heterocycles. The summed E-state index contributed by atoms with van der Waals surface area (Å²) >= 11 is 1.90. The Balaban J connectivity index is 2.39. The van der Waals surface area contributed by atoms with Crippen molar-refractivity contribution in [1.29, 1.82) is 0 Å². The van der Waals surface area contributed by atoms with Crippen molar-refractivity contribution in [2.75, 3.05) is 26.0 Å². The molecule has 0 saturated carbocycles. The summed E-state index contributed by atoms with van der Waals surface area (Å²) in [6, 6.07) is 0. The van der Waals surface area contributed by atoms with Crippen LogP contribution in [0.3, 0.4) is 0 Å². The number of rotatable bonds is 7. The van der Waals surface area contributed by atoms with Gasteiger partial charge in [0.2, 0.25) is 0 Å². The highest BCUT2D eigenvalue weighted by atomic mass is 32.2. The molecule has 0 aromatic carbocycles. The van der Waals surface area contributed by atoms with Crippen LogP contribution < -0.4 is 5.32 Å². The van der Waals surface area contributed by atoms with Crippen LogP contribution in [0.15, 0.2) is 0 Å². The lowest BCUT2D eigenvalue weighted by molar-refractivity contribution is -0.147. The Morgan fingerprint density at radius 3 is 2.83 bits per heavy atom. The molecule has 0 aromatic heterocycles. The molecule has 1 heterocycles. The fraction of sp³-hybridized carbons (Fsp3) is 0.923. The van der Waals surface area contributed by atoms with Gasteiger partial charge in [-0.3, -0.25) is 4.79 Å². The Kier molecular flexibility index (Phi) is 6.46. The van der Waals surface area contributed by atoms with Gasteiger partial charge in [-0.25, -0.2) is 0 Å². The van der Waals surface area contributed by atoms with Crippen LogP contribution in [0, 0.1) is 0 Å². The SMILES string of the molecule is CCNC(C)(CCSC1CCOC1C)C(=O)OC. The van der Waals surface area contributed by atoms with Gasteiger partial charge in [-0.1, -0.05) is 6.92 Å². The first-order valence-electron chi connectivity index (χ1n) is 6.60. The van der Waals surface area contributed by atoms with Crippen LogP contribution in [-0.2, 0) is 14.3 Å². The maximum absolute atomic E-state index is 11.8. The summed E-state index contributed by atoms with van der Waals surface area (Å²) in [7, 11) is 1.44. The van der Waals surface area contributed by atoms with Crippen molar-refractivity contribution in [2.24, 2.45) is 0 Å². The molecular formula is C13H25NO3S. The first-order chi connectivity index (χ1) is 8.53. The highest BCUT2D eigenvalue weighted by molar-refractivity contribution is 7.99. The van der Waals surface area contributed by atoms with Gasteiger partial charge in [-0.05, 0) is 39.0 Å². The van der Waals surface area contributed by atoms with E-state index in [1.165, 1.54) is 7.11 Å². The summed E-state index contributed by atoms with van der Waals surface area (Å²) in [6.07, 6.45) is 2.22. The van der Waals surface area contributed by atoms with Crippen molar-refractivity contribution < 1.29 is 14.3 Å². The van der Waals surface area contributed by atoms with E-state index in [9.17, 15) is 4.79 Å². The largest absolute Gasteiger partial charge is 0.468 e. The number of nitrogens with one attached hydrogen (secondary N) is 1. The zero-order valence-electron chi connectivity index (χ0n) is 11.8. The lowest BCUT2D eigenvalue weighted by Crippen LogP contribution is -2.50. The van der Waals surface area contributed by atoms with Crippen LogP contribution >= 0.6 is 11.8 Å². The Morgan fingerprint density at radius 1 is 1.61 bits per heavy atom. The molecule has 3 unspecified atom stereocenters. The lowest BCUT2D eigenvalue weighted by Gasteiger charge is -2.28. The van der Waals surface area contributed by atoms with Crippen molar-refractivity contribution in [3.63, 3.8) is 0 Å². The number of hydrogen-bond donors (Lipinski definition) is 1. The predicted molar refractivity (Wildman–Crippen MR) is 75.0 cm³/mol. The summed E-state index contributed by atoms with van der Waals surface area (Å²) in [4.78, 5) is 11.8. The molecule has 0 spiro atoms. The van der Waals surface area contributed by atoms with Crippen LogP contribution in [0.1, 0.15) is 33.6 Å². The van der Waals surface area contributed by atoms with Crippen LogP contribution in [0.25, 0.3) is 0 Å². The van der Waals surface area contributed by atoms with E-state index in [0.717, 1.165) is 31.7 Å². The smallest absolute Gasteiger partial charge is 0.325 e. The molecule has 1 N–H and O–H groups in total. The van der Waals surface area contributed by atoms with Gasteiger partial charge in [0, 0.05) is 11.9 Å². The summed E-state index contributed by atoms with van der Waals surface area (Å²) in [5, 5.41) is 3.79. The standard InChI is InChI=1S/C13H25NO3S/c1-5-14-13(3,12(15)16-4)7-9-18-11-6-8-17-10(11)2/h10-11,14H,5-9H2,1-4H3. The van der Waals surface area contributed by atoms with E-state index in [2.05, 4.69) is 12.2 Å². The molecule has 5 heteroatoms. The average molecular weight is 275 g/mol. The van der Waals surface area contributed by atoms with Gasteiger partial charge in [0.05, 0.1) is 13.2 Å². The second kappa shape index (κ2) is 7.36. The van der Waals surface area contributed by atoms with Crippen LogP contribution in [0.4, 0.5) is 0 Å². The van der Waals surface area contributed by atoms with Crippen molar-refractivity contribution in [1.82, 2.24) is 5.32 Å². The number of methoxy groups -OCH3 is 1. The molecule has 106 valence electrons. The van der Waals surface area contributed by atoms with E-state index in [1.54, 1.807) is 0 Å². The molecule has 1 rings (SSSR count). The van der Waals surface area contributed by atoms with Crippen molar-refractivity contribution >= 4 is 17.7 Å². The first-order valence-corrected chi connectivity index (χ1v) is 7.65. The van der Waals surface area contributed by atoms with Gasteiger partial charge >= 0.3 is 5.97 Å². The fourth-order valence-electron chi connectivity index (χ4n) is 2.22. The Bertz CT molecular complexity index is 275. The van der Waals surface area contributed by atoms with E-state index in [-0.39, 0.29) is 5.97 Å². The summed E-state index contributed by atoms with van der Waals surface area (Å²) in [6.45, 7) is 7.66. The highest BCUT2D eigenvalue weighted by Crippen LogP contribution is 2.28. The third-order valence-corrected chi connectivity index (χ3v) is 4.93. The zero-order valence-corrected chi connectivity index (χ0v) is 12.6. The van der Waals surface area contributed by atoms with Crippen LogP contribution in [-0.4, -0.2) is 48.9 Å². The topological polar surface area (TPSA) is 47.6 Å². The maximum atomic E-state index is 11.8. The molecule has 1 fully saturated rings. The molecule has 0 bridgehead atoms. The molecular weight excluding hydrogens is 250 g/mol. The number of esters is 1. The summed E-state index contributed by atoms with van der Waals surface area (Å²) in [5.74, 6) is 0.762. The highest BCUT2D eigenvalue weighted by Gasteiger charge is 2.34. The molecule has 0 aromatic rings. The van der Waals surface area contributed by atoms with Gasteiger partial charge in [-0.2, -0.15) is 11.8 Å². The number of carbonyl (C=O) groups excluding carboxylic acids is 1. The Hall–Kier alpha value is -0.260. The second-order valence-corrected chi connectivity index (χ2v) is 6.22. The van der Waals surface area contributed by atoms with E-state index in [4.69, 9.17) is 9.47 Å². The fourth-order valence-corrected chi connectivity index (χ4v) is 3.66. The Morgan fingerprint density at radius 2 is 2.33 bits per heavy atom. The normalized spacial score (nSPS) is 26.9. The number of ether oxygens (including phenoxy) is 2. The second-order valence-electron chi connectivity index (χ2n) is 4.88. The van der Waals surface area contributed by atoms with Gasteiger partial charge in [0.25, 0.3) is 0 Å². The molecule has 4 nitrogen and oxygen atoms in total. The van der Waals surface area contributed by atoms with Crippen molar-refractivity contribution in [2.45, 2.75) is 50.5 Å². The van der Waals surface area contributed by atoms with E-state index >= 15 is 0 Å². The molecule has 18 heavy (non-hydrogen) atoms. The molecule has 0 radical (unpaired) electrons. The number of hydrogen-bond acceptors (Lipinski definition) is 5. The maximum Gasteiger partial charge on any atom is 0.325 e. The minimum absolute atomic E-state index is 0.180. The number of likely N-dealkylation sites (N-methyl/N-ethyl adjacent to an activating group) is 1. The quantitative estimate of drug-likeness (QED) is 0.718. The van der Waals surface area contributed by atoms with Gasteiger partial charge in [-0.15, -0.1) is 0 Å². The summed E-state index contributed by atoms with van der Waals surface area (Å²) < 4.78 is 10.4. The molecule has 0 aliphatic carbocycles. The van der Waals surface area contributed by atoms with E-state index in [0.29, 0.717) is 11.4 Å². The number of carbonyl (C=O) groups is 1. The van der Waals surface area contributed by atoms with Crippen LogP contribution in [0.5, 0.6) is 0 Å². The molecule has 0 amide bonds. The van der Waals surface area contributed by atoms with Gasteiger partial charge in [0.15, 0.2) is 0 Å². The molecule has 1 saturated heterocycles. The van der Waals surface area contributed by atoms with E-state index in [1.807, 2.05) is 25.6 Å². The Labute approximate surface area is 114 Å². The number of thioether (sulfide) groups is 1. The van der Waals surface area contributed by atoms with Gasteiger partial charge in [0.1, 0.15) is 5.54 Å². The van der Waals surface area contributed by atoms with E-state index < -0.39 is 5.54 Å². The van der Waals surface area contributed by atoms with Crippen molar-refractivity contribution in [3.05, 3.63) is 0 Å².